The molecule has 2 unspecified atom stereocenters. The van der Waals surface area contributed by atoms with Crippen molar-refractivity contribution >= 4 is 35.2 Å². The van der Waals surface area contributed by atoms with Crippen LogP contribution in [0.5, 0.6) is 11.5 Å². The number of hydrogen-bond acceptors (Lipinski definition) is 7. The van der Waals surface area contributed by atoms with Gasteiger partial charge in [-0.3, -0.25) is 19.7 Å². The summed E-state index contributed by atoms with van der Waals surface area (Å²) in [4.78, 5) is 34.9. The number of amides is 3. The van der Waals surface area contributed by atoms with Crippen molar-refractivity contribution < 1.29 is 23.9 Å². The molecular formula is C16H20N4O5S. The fourth-order valence-electron chi connectivity index (χ4n) is 2.68. The quantitative estimate of drug-likeness (QED) is 0.536. The summed E-state index contributed by atoms with van der Waals surface area (Å²) < 4.78 is 10.9. The first-order valence-electron chi connectivity index (χ1n) is 8.14. The van der Waals surface area contributed by atoms with Crippen LogP contribution in [-0.4, -0.2) is 48.2 Å². The molecule has 1 aromatic carbocycles. The van der Waals surface area contributed by atoms with Gasteiger partial charge in [0, 0.05) is 30.6 Å². The van der Waals surface area contributed by atoms with E-state index in [4.69, 9.17) is 15.2 Å². The predicted molar refractivity (Wildman–Crippen MR) is 95.8 cm³/mol. The first-order valence-corrected chi connectivity index (χ1v) is 9.19. The van der Waals surface area contributed by atoms with Crippen LogP contribution < -0.4 is 31.2 Å². The fourth-order valence-corrected chi connectivity index (χ4v) is 3.58. The van der Waals surface area contributed by atoms with Crippen molar-refractivity contribution in [1.82, 2.24) is 10.6 Å². The van der Waals surface area contributed by atoms with Crippen molar-refractivity contribution in [2.75, 3.05) is 24.3 Å². The van der Waals surface area contributed by atoms with Crippen molar-refractivity contribution in [1.29, 1.82) is 0 Å². The van der Waals surface area contributed by atoms with Gasteiger partial charge < -0.3 is 25.8 Å². The van der Waals surface area contributed by atoms with Crippen LogP contribution in [0.25, 0.3) is 0 Å². The third-order valence-corrected chi connectivity index (χ3v) is 4.78. The highest BCUT2D eigenvalue weighted by Crippen LogP contribution is 2.32. The topological polar surface area (TPSA) is 132 Å². The molecular weight excluding hydrogens is 360 g/mol. The molecule has 1 fully saturated rings. The van der Waals surface area contributed by atoms with Crippen molar-refractivity contribution in [3.05, 3.63) is 18.2 Å². The van der Waals surface area contributed by atoms with Crippen LogP contribution in [0.15, 0.2) is 18.2 Å². The molecule has 140 valence electrons. The molecule has 1 saturated heterocycles. The van der Waals surface area contributed by atoms with Gasteiger partial charge >= 0.3 is 0 Å². The van der Waals surface area contributed by atoms with E-state index < -0.39 is 11.4 Å². The molecule has 5 N–H and O–H groups in total. The van der Waals surface area contributed by atoms with Crippen LogP contribution in [0, 0.1) is 0 Å². The van der Waals surface area contributed by atoms with Gasteiger partial charge in [0.25, 0.3) is 0 Å². The Labute approximate surface area is 154 Å². The fraction of sp³-hybridized carbons (Fsp3) is 0.438. The number of carbonyl (C=O) groups excluding carboxylic acids is 3. The van der Waals surface area contributed by atoms with Gasteiger partial charge in [0.1, 0.15) is 18.7 Å². The van der Waals surface area contributed by atoms with Gasteiger partial charge in [-0.05, 0) is 12.1 Å². The minimum Gasteiger partial charge on any atom is -0.486 e. The zero-order chi connectivity index (χ0) is 18.5. The maximum absolute atomic E-state index is 12.1. The van der Waals surface area contributed by atoms with E-state index in [-0.39, 0.29) is 36.5 Å². The zero-order valence-electron chi connectivity index (χ0n) is 13.9. The molecule has 0 radical (unpaired) electrons. The average Bonchev–Trinajstić information content (AvgIpc) is 2.59. The molecule has 2 aliphatic heterocycles. The predicted octanol–water partition coefficient (Wildman–Crippen LogP) is -0.233. The summed E-state index contributed by atoms with van der Waals surface area (Å²) >= 11 is 1.22. The summed E-state index contributed by atoms with van der Waals surface area (Å²) in [5.41, 5.74) is 5.32. The first-order chi connectivity index (χ1) is 12.5. The van der Waals surface area contributed by atoms with E-state index in [1.54, 1.807) is 18.2 Å². The SMILES string of the molecule is NC(=O)CC1CC(=O)NC(SCC(=O)Nc2ccc3c(c2)OCCO3)N1. The van der Waals surface area contributed by atoms with Crippen molar-refractivity contribution in [2.24, 2.45) is 5.73 Å². The molecule has 2 atom stereocenters. The molecule has 2 heterocycles. The minimum atomic E-state index is -0.475. The summed E-state index contributed by atoms with van der Waals surface area (Å²) in [5, 5.41) is 8.59. The van der Waals surface area contributed by atoms with Crippen LogP contribution >= 0.6 is 11.8 Å². The highest BCUT2D eigenvalue weighted by Gasteiger charge is 2.27. The standard InChI is InChI=1S/C16H20N4O5S/c17-13(21)6-10-7-14(22)20-16(19-10)26-8-15(23)18-9-1-2-11-12(5-9)25-4-3-24-11/h1-2,5,10,16,19H,3-4,6-8H2,(H2,17,21)(H,18,23)(H,20,22). The third-order valence-electron chi connectivity index (χ3n) is 3.77. The van der Waals surface area contributed by atoms with Crippen molar-refractivity contribution in [3.8, 4) is 11.5 Å². The third kappa shape index (κ3) is 5.02. The molecule has 0 bridgehead atoms. The van der Waals surface area contributed by atoms with E-state index in [0.29, 0.717) is 30.4 Å². The van der Waals surface area contributed by atoms with Gasteiger partial charge in [-0.1, -0.05) is 0 Å². The molecule has 0 aliphatic carbocycles. The second-order valence-corrected chi connectivity index (χ2v) is 7.00. The Kier molecular flexibility index (Phi) is 5.84. The summed E-state index contributed by atoms with van der Waals surface area (Å²) in [6.45, 7) is 0.978. The van der Waals surface area contributed by atoms with E-state index in [0.717, 1.165) is 0 Å². The number of nitrogens with two attached hydrogens (primary N) is 1. The summed E-state index contributed by atoms with van der Waals surface area (Å²) in [7, 11) is 0. The van der Waals surface area contributed by atoms with Crippen LogP contribution in [0.3, 0.4) is 0 Å². The maximum Gasteiger partial charge on any atom is 0.234 e. The van der Waals surface area contributed by atoms with Gasteiger partial charge in [0.05, 0.1) is 5.75 Å². The lowest BCUT2D eigenvalue weighted by Gasteiger charge is -2.30. The Morgan fingerprint density at radius 3 is 2.81 bits per heavy atom. The van der Waals surface area contributed by atoms with Crippen LogP contribution in [0.1, 0.15) is 12.8 Å². The largest absolute Gasteiger partial charge is 0.486 e. The number of nitrogens with one attached hydrogen (secondary N) is 3. The van der Waals surface area contributed by atoms with Gasteiger partial charge in [0.15, 0.2) is 11.5 Å². The number of anilines is 1. The van der Waals surface area contributed by atoms with E-state index in [1.165, 1.54) is 11.8 Å². The first kappa shape index (κ1) is 18.3. The second-order valence-electron chi connectivity index (χ2n) is 5.90. The Morgan fingerprint density at radius 2 is 2.04 bits per heavy atom. The number of carbonyl (C=O) groups is 3. The molecule has 3 amide bonds. The number of ether oxygens (including phenoxy) is 2. The Hall–Kier alpha value is -2.46. The maximum atomic E-state index is 12.1. The van der Waals surface area contributed by atoms with E-state index >= 15 is 0 Å². The van der Waals surface area contributed by atoms with Gasteiger partial charge in [-0.15, -0.1) is 11.8 Å². The average molecular weight is 380 g/mol. The van der Waals surface area contributed by atoms with Crippen molar-refractivity contribution in [3.63, 3.8) is 0 Å². The molecule has 0 aromatic heterocycles. The monoisotopic (exact) mass is 380 g/mol. The Balaban J connectivity index is 1.49. The van der Waals surface area contributed by atoms with Crippen molar-refractivity contribution in [2.45, 2.75) is 24.4 Å². The molecule has 0 spiro atoms. The van der Waals surface area contributed by atoms with E-state index in [1.807, 2.05) is 0 Å². The van der Waals surface area contributed by atoms with Gasteiger partial charge in [-0.2, -0.15) is 0 Å². The summed E-state index contributed by atoms with van der Waals surface area (Å²) in [5.74, 6) is 0.489. The highest BCUT2D eigenvalue weighted by molar-refractivity contribution is 8.00. The number of hydrogen-bond donors (Lipinski definition) is 4. The number of rotatable bonds is 6. The van der Waals surface area contributed by atoms with Gasteiger partial charge in [-0.25, -0.2) is 0 Å². The number of primary amides is 1. The molecule has 9 nitrogen and oxygen atoms in total. The molecule has 2 aliphatic rings. The zero-order valence-corrected chi connectivity index (χ0v) is 14.8. The molecule has 3 rings (SSSR count). The smallest absolute Gasteiger partial charge is 0.234 e. The number of fused-ring (bicyclic) bond motifs is 1. The molecule has 26 heavy (non-hydrogen) atoms. The minimum absolute atomic E-state index is 0.0773. The second kappa shape index (κ2) is 8.28. The van der Waals surface area contributed by atoms with Gasteiger partial charge in [0.2, 0.25) is 17.7 Å². The van der Waals surface area contributed by atoms with E-state index in [9.17, 15) is 14.4 Å². The molecule has 0 saturated carbocycles. The summed E-state index contributed by atoms with van der Waals surface area (Å²) in [6.07, 6.45) is 0.261. The van der Waals surface area contributed by atoms with Crippen LogP contribution in [-0.2, 0) is 14.4 Å². The lowest BCUT2D eigenvalue weighted by Crippen LogP contribution is -2.55. The lowest BCUT2D eigenvalue weighted by molar-refractivity contribution is -0.124. The summed E-state index contributed by atoms with van der Waals surface area (Å²) in [6, 6.07) is 4.87. The molecule has 1 aromatic rings. The number of thioether (sulfide) groups is 1. The molecule has 10 heteroatoms. The normalized spacial score (nSPS) is 21.6. The highest BCUT2D eigenvalue weighted by atomic mass is 32.2. The Bertz CT molecular complexity index is 712. The van der Waals surface area contributed by atoms with E-state index in [2.05, 4.69) is 16.0 Å². The van der Waals surface area contributed by atoms with Crippen LogP contribution in [0.4, 0.5) is 5.69 Å². The van der Waals surface area contributed by atoms with Crippen LogP contribution in [0.2, 0.25) is 0 Å². The lowest BCUT2D eigenvalue weighted by atomic mass is 10.1. The number of benzene rings is 1. The Morgan fingerprint density at radius 1 is 1.27 bits per heavy atom.